The minimum Gasteiger partial charge on any atom is -0.435 e. The van der Waals surface area contributed by atoms with Gasteiger partial charge in [0, 0.05) is 10.2 Å². The largest absolute Gasteiger partial charge is 0.435 e. The van der Waals surface area contributed by atoms with Crippen molar-refractivity contribution in [3.05, 3.63) is 58.6 Å². The van der Waals surface area contributed by atoms with E-state index in [2.05, 4.69) is 26.0 Å². The van der Waals surface area contributed by atoms with Gasteiger partial charge in [-0.3, -0.25) is 0 Å². The van der Waals surface area contributed by atoms with E-state index in [1.165, 1.54) is 12.1 Å². The number of alkyl halides is 2. The predicted molar refractivity (Wildman–Crippen MR) is 80.7 cm³/mol. The van der Waals surface area contributed by atoms with Crippen LogP contribution < -0.4 is 10.1 Å². The lowest BCUT2D eigenvalue weighted by atomic mass is 10.1. The Kier molecular flexibility index (Phi) is 5.52. The summed E-state index contributed by atoms with van der Waals surface area (Å²) >= 11 is 3.42. The van der Waals surface area contributed by atoms with Crippen LogP contribution >= 0.6 is 15.9 Å². The van der Waals surface area contributed by atoms with E-state index < -0.39 is 6.61 Å². The fourth-order valence-corrected chi connectivity index (χ4v) is 2.28. The third kappa shape index (κ3) is 4.41. The number of halogens is 3. The molecule has 0 aliphatic rings. The van der Waals surface area contributed by atoms with Gasteiger partial charge in [0.05, 0.1) is 12.6 Å². The number of para-hydroxylation sites is 1. The zero-order valence-electron chi connectivity index (χ0n) is 11.0. The van der Waals surface area contributed by atoms with Crippen LogP contribution in [-0.2, 0) is 0 Å². The number of nitrogens with one attached hydrogen (secondary N) is 1. The topological polar surface area (TPSA) is 41.5 Å². The van der Waals surface area contributed by atoms with E-state index in [0.717, 1.165) is 15.7 Å². The van der Waals surface area contributed by atoms with Crippen LogP contribution in [-0.4, -0.2) is 18.3 Å². The molecule has 0 aliphatic carbocycles. The molecular formula is C15H14BrF2NO2. The average molecular weight is 358 g/mol. The highest BCUT2D eigenvalue weighted by molar-refractivity contribution is 9.10. The van der Waals surface area contributed by atoms with Crippen LogP contribution in [0.3, 0.4) is 0 Å². The van der Waals surface area contributed by atoms with Crippen LogP contribution in [0.4, 0.5) is 14.5 Å². The molecule has 21 heavy (non-hydrogen) atoms. The second-order valence-corrected chi connectivity index (χ2v) is 5.16. The number of rotatable bonds is 6. The van der Waals surface area contributed by atoms with Gasteiger partial charge in [-0.25, -0.2) is 0 Å². The van der Waals surface area contributed by atoms with E-state index in [-0.39, 0.29) is 18.4 Å². The Morgan fingerprint density at radius 3 is 2.33 bits per heavy atom. The average Bonchev–Trinajstić information content (AvgIpc) is 2.47. The Morgan fingerprint density at radius 1 is 1.10 bits per heavy atom. The molecule has 1 unspecified atom stereocenters. The van der Waals surface area contributed by atoms with Crippen molar-refractivity contribution >= 4 is 21.6 Å². The molecule has 0 aliphatic heterocycles. The van der Waals surface area contributed by atoms with Crippen LogP contribution in [0.5, 0.6) is 5.75 Å². The number of benzene rings is 2. The van der Waals surface area contributed by atoms with Crippen LogP contribution in [0, 0.1) is 0 Å². The molecule has 2 rings (SSSR count). The highest BCUT2D eigenvalue weighted by Gasteiger charge is 2.12. The summed E-state index contributed by atoms with van der Waals surface area (Å²) in [6, 6.07) is 13.4. The van der Waals surface area contributed by atoms with Gasteiger partial charge in [-0.05, 0) is 45.8 Å². The van der Waals surface area contributed by atoms with Crippen LogP contribution in [0.15, 0.2) is 53.0 Å². The first-order valence-electron chi connectivity index (χ1n) is 6.27. The van der Waals surface area contributed by atoms with Crippen LogP contribution in [0.2, 0.25) is 0 Å². The lowest BCUT2D eigenvalue weighted by Gasteiger charge is -2.19. The third-order valence-corrected chi connectivity index (χ3v) is 3.59. The van der Waals surface area contributed by atoms with E-state index in [0.29, 0.717) is 0 Å². The van der Waals surface area contributed by atoms with E-state index in [9.17, 15) is 13.9 Å². The normalized spacial score (nSPS) is 12.2. The third-order valence-electron chi connectivity index (χ3n) is 2.89. The molecule has 0 fully saturated rings. The first-order valence-corrected chi connectivity index (χ1v) is 7.06. The molecule has 1 atom stereocenters. The second-order valence-electron chi connectivity index (χ2n) is 4.31. The first kappa shape index (κ1) is 15.7. The van der Waals surface area contributed by atoms with Crippen molar-refractivity contribution in [2.75, 3.05) is 11.9 Å². The molecule has 0 amide bonds. The summed E-state index contributed by atoms with van der Waals surface area (Å²) in [5.41, 5.74) is 1.61. The Morgan fingerprint density at radius 2 is 1.76 bits per heavy atom. The molecule has 0 bridgehead atoms. The molecule has 2 aromatic carbocycles. The number of aliphatic hydroxyl groups is 1. The van der Waals surface area contributed by atoms with Gasteiger partial charge >= 0.3 is 6.61 Å². The smallest absolute Gasteiger partial charge is 0.387 e. The Hall–Kier alpha value is -1.66. The van der Waals surface area contributed by atoms with Gasteiger partial charge in [0.25, 0.3) is 0 Å². The van der Waals surface area contributed by atoms with Gasteiger partial charge in [0.15, 0.2) is 0 Å². The summed E-state index contributed by atoms with van der Waals surface area (Å²) in [4.78, 5) is 0. The Bertz CT molecular complexity index is 578. The summed E-state index contributed by atoms with van der Waals surface area (Å²) in [5, 5.41) is 12.7. The molecule has 6 heteroatoms. The van der Waals surface area contributed by atoms with Crippen molar-refractivity contribution in [2.24, 2.45) is 0 Å². The quantitative estimate of drug-likeness (QED) is 0.814. The molecule has 0 radical (unpaired) electrons. The number of ether oxygens (including phenoxy) is 1. The minimum absolute atomic E-state index is 0.0892. The Balaban J connectivity index is 2.12. The SMILES string of the molecule is OCC(Nc1ccccc1Br)c1ccc(OC(F)F)cc1. The maximum absolute atomic E-state index is 12.1. The summed E-state index contributed by atoms with van der Waals surface area (Å²) in [5.74, 6) is 0.0892. The number of hydrogen-bond acceptors (Lipinski definition) is 3. The standard InChI is InChI=1S/C15H14BrF2NO2/c16-12-3-1-2-4-13(12)19-14(9-20)10-5-7-11(8-6-10)21-15(17)18/h1-8,14-15,19-20H,9H2. The Labute approximate surface area is 129 Å². The van der Waals surface area contributed by atoms with E-state index in [4.69, 9.17) is 0 Å². The van der Waals surface area contributed by atoms with Crippen LogP contribution in [0.25, 0.3) is 0 Å². The number of hydrogen-bond donors (Lipinski definition) is 2. The summed E-state index contributed by atoms with van der Waals surface area (Å²) in [7, 11) is 0. The summed E-state index contributed by atoms with van der Waals surface area (Å²) in [6.07, 6.45) is 0. The van der Waals surface area contributed by atoms with E-state index >= 15 is 0 Å². The van der Waals surface area contributed by atoms with Gasteiger partial charge < -0.3 is 15.2 Å². The van der Waals surface area contributed by atoms with Gasteiger partial charge in [0.1, 0.15) is 5.75 Å². The van der Waals surface area contributed by atoms with Crippen molar-refractivity contribution in [2.45, 2.75) is 12.7 Å². The minimum atomic E-state index is -2.84. The fourth-order valence-electron chi connectivity index (χ4n) is 1.88. The van der Waals surface area contributed by atoms with Crippen molar-refractivity contribution in [3.63, 3.8) is 0 Å². The summed E-state index contributed by atoms with van der Waals surface area (Å²) < 4.78 is 29.4. The monoisotopic (exact) mass is 357 g/mol. The first-order chi connectivity index (χ1) is 10.1. The fraction of sp³-hybridized carbons (Fsp3) is 0.200. The van der Waals surface area contributed by atoms with Crippen molar-refractivity contribution in [1.82, 2.24) is 0 Å². The summed E-state index contributed by atoms with van der Waals surface area (Å²) in [6.45, 7) is -2.97. The van der Waals surface area contributed by atoms with E-state index in [1.807, 2.05) is 24.3 Å². The molecule has 3 nitrogen and oxygen atoms in total. The van der Waals surface area contributed by atoms with E-state index in [1.54, 1.807) is 12.1 Å². The molecule has 0 saturated heterocycles. The van der Waals surface area contributed by atoms with Gasteiger partial charge in [-0.1, -0.05) is 24.3 Å². The van der Waals surface area contributed by atoms with Crippen molar-refractivity contribution in [3.8, 4) is 5.75 Å². The highest BCUT2D eigenvalue weighted by Crippen LogP contribution is 2.27. The van der Waals surface area contributed by atoms with Crippen LogP contribution in [0.1, 0.15) is 11.6 Å². The molecule has 0 heterocycles. The zero-order chi connectivity index (χ0) is 15.2. The van der Waals surface area contributed by atoms with Crippen molar-refractivity contribution < 1.29 is 18.6 Å². The van der Waals surface area contributed by atoms with Crippen molar-refractivity contribution in [1.29, 1.82) is 0 Å². The maximum atomic E-state index is 12.1. The second kappa shape index (κ2) is 7.38. The molecule has 2 aromatic rings. The zero-order valence-corrected chi connectivity index (χ0v) is 12.6. The predicted octanol–water partition coefficient (Wildman–Crippen LogP) is 4.20. The highest BCUT2D eigenvalue weighted by atomic mass is 79.9. The van der Waals surface area contributed by atoms with Gasteiger partial charge in [0.2, 0.25) is 0 Å². The molecular weight excluding hydrogens is 344 g/mol. The number of aliphatic hydroxyl groups excluding tert-OH is 1. The van der Waals surface area contributed by atoms with Gasteiger partial charge in [-0.15, -0.1) is 0 Å². The molecule has 0 aromatic heterocycles. The van der Waals surface area contributed by atoms with Gasteiger partial charge in [-0.2, -0.15) is 8.78 Å². The lowest BCUT2D eigenvalue weighted by molar-refractivity contribution is -0.0498. The maximum Gasteiger partial charge on any atom is 0.387 e. The molecule has 112 valence electrons. The lowest BCUT2D eigenvalue weighted by Crippen LogP contribution is -2.15. The molecule has 0 spiro atoms. The molecule has 0 saturated carbocycles. The number of anilines is 1. The molecule has 2 N–H and O–H groups in total.